The Balaban J connectivity index is 2.11. The number of carboxylic acids is 1. The van der Waals surface area contributed by atoms with Gasteiger partial charge >= 0.3 is 11.9 Å². The average Bonchev–Trinajstić information content (AvgIpc) is 2.62. The van der Waals surface area contributed by atoms with Crippen LogP contribution < -0.4 is 5.32 Å². The van der Waals surface area contributed by atoms with Gasteiger partial charge in [0.25, 0.3) is 0 Å². The molecule has 6 heteroatoms. The van der Waals surface area contributed by atoms with E-state index >= 15 is 0 Å². The molecule has 26 heavy (non-hydrogen) atoms. The van der Waals surface area contributed by atoms with Gasteiger partial charge in [-0.2, -0.15) is 0 Å². The number of pyridine rings is 1. The molecule has 0 bridgehead atoms. The van der Waals surface area contributed by atoms with Gasteiger partial charge in [0.1, 0.15) is 5.56 Å². The third kappa shape index (κ3) is 3.49. The van der Waals surface area contributed by atoms with Crippen molar-refractivity contribution in [2.75, 3.05) is 11.9 Å². The van der Waals surface area contributed by atoms with Gasteiger partial charge in [-0.1, -0.05) is 11.6 Å². The molecule has 0 aliphatic carbocycles. The van der Waals surface area contributed by atoms with Crippen LogP contribution in [-0.4, -0.2) is 28.6 Å². The quantitative estimate of drug-likeness (QED) is 0.672. The van der Waals surface area contributed by atoms with Gasteiger partial charge in [-0.15, -0.1) is 0 Å². The Hall–Kier alpha value is -3.41. The van der Waals surface area contributed by atoms with E-state index < -0.39 is 11.9 Å². The van der Waals surface area contributed by atoms with Gasteiger partial charge in [0.15, 0.2) is 0 Å². The molecule has 0 atom stereocenters. The highest BCUT2D eigenvalue weighted by Crippen LogP contribution is 2.30. The Bertz CT molecular complexity index is 981. The van der Waals surface area contributed by atoms with Gasteiger partial charge in [0.2, 0.25) is 0 Å². The van der Waals surface area contributed by atoms with E-state index in [2.05, 4.69) is 10.3 Å². The lowest BCUT2D eigenvalue weighted by atomic mass is 10.1. The van der Waals surface area contributed by atoms with E-state index in [-0.39, 0.29) is 12.2 Å². The van der Waals surface area contributed by atoms with E-state index in [1.54, 1.807) is 19.1 Å². The van der Waals surface area contributed by atoms with Crippen molar-refractivity contribution < 1.29 is 19.4 Å². The van der Waals surface area contributed by atoms with Gasteiger partial charge in [-0.05, 0) is 50.2 Å². The number of carbonyl (C=O) groups excluding carboxylic acids is 1. The second-order valence-corrected chi connectivity index (χ2v) is 5.80. The molecule has 6 nitrogen and oxygen atoms in total. The Morgan fingerprint density at radius 3 is 2.54 bits per heavy atom. The first kappa shape index (κ1) is 17.4. The highest BCUT2D eigenvalue weighted by atomic mass is 16.5. The summed E-state index contributed by atoms with van der Waals surface area (Å²) in [6, 6.07) is 12.1. The van der Waals surface area contributed by atoms with Crippen LogP contribution in [0.25, 0.3) is 10.9 Å². The first-order valence-electron chi connectivity index (χ1n) is 8.16. The van der Waals surface area contributed by atoms with E-state index in [0.717, 1.165) is 16.5 Å². The molecule has 0 fully saturated rings. The molecule has 0 aliphatic heterocycles. The van der Waals surface area contributed by atoms with Crippen molar-refractivity contribution in [3.8, 4) is 0 Å². The van der Waals surface area contributed by atoms with Crippen LogP contribution in [0.15, 0.2) is 48.7 Å². The minimum absolute atomic E-state index is 0.191. The molecular formula is C20H18N2O4. The Kier molecular flexibility index (Phi) is 4.84. The van der Waals surface area contributed by atoms with E-state index in [1.165, 1.54) is 18.3 Å². The standard InChI is InChI=1S/C20H18N2O4/c1-3-26-20(25)16-11-21-17-9-4-12(2)10-15(17)18(16)22-14-7-5-13(6-8-14)19(23)24/h4-11H,3H2,1-2H3,(H,21,22)(H,23,24). The topological polar surface area (TPSA) is 88.5 Å². The van der Waals surface area contributed by atoms with Gasteiger partial charge in [0.05, 0.1) is 23.4 Å². The largest absolute Gasteiger partial charge is 0.478 e. The number of ether oxygens (including phenoxy) is 1. The number of carboxylic acid groups (broad SMARTS) is 1. The zero-order valence-corrected chi connectivity index (χ0v) is 14.4. The number of fused-ring (bicyclic) bond motifs is 1. The molecule has 1 aromatic heterocycles. The lowest BCUT2D eigenvalue weighted by Gasteiger charge is -2.14. The maximum Gasteiger partial charge on any atom is 0.341 e. The number of rotatable bonds is 5. The van der Waals surface area contributed by atoms with Crippen LogP contribution >= 0.6 is 0 Å². The summed E-state index contributed by atoms with van der Waals surface area (Å²) in [6.45, 7) is 3.97. The number of aromatic nitrogens is 1. The van der Waals surface area contributed by atoms with Gasteiger partial charge in [0, 0.05) is 17.3 Å². The fourth-order valence-corrected chi connectivity index (χ4v) is 2.65. The number of benzene rings is 2. The summed E-state index contributed by atoms with van der Waals surface area (Å²) in [5, 5.41) is 13.0. The van der Waals surface area contributed by atoms with Gasteiger partial charge < -0.3 is 15.2 Å². The van der Waals surface area contributed by atoms with Gasteiger partial charge in [-0.25, -0.2) is 9.59 Å². The van der Waals surface area contributed by atoms with Crippen molar-refractivity contribution in [2.24, 2.45) is 0 Å². The summed E-state index contributed by atoms with van der Waals surface area (Å²) in [7, 11) is 0. The first-order valence-corrected chi connectivity index (χ1v) is 8.16. The zero-order chi connectivity index (χ0) is 18.7. The van der Waals surface area contributed by atoms with Crippen molar-refractivity contribution in [3.05, 3.63) is 65.4 Å². The van der Waals surface area contributed by atoms with E-state index in [9.17, 15) is 9.59 Å². The Labute approximate surface area is 150 Å². The lowest BCUT2D eigenvalue weighted by molar-refractivity contribution is 0.0526. The number of carbonyl (C=O) groups is 2. The summed E-state index contributed by atoms with van der Waals surface area (Å²) in [5.41, 5.74) is 3.54. The fraction of sp³-hybridized carbons (Fsp3) is 0.150. The Morgan fingerprint density at radius 1 is 1.15 bits per heavy atom. The summed E-state index contributed by atoms with van der Waals surface area (Å²) in [4.78, 5) is 27.7. The maximum atomic E-state index is 12.3. The minimum Gasteiger partial charge on any atom is -0.478 e. The van der Waals surface area contributed by atoms with Crippen molar-refractivity contribution >= 4 is 34.2 Å². The second kappa shape index (κ2) is 7.23. The van der Waals surface area contributed by atoms with Crippen LogP contribution in [0.5, 0.6) is 0 Å². The van der Waals surface area contributed by atoms with Crippen LogP contribution in [-0.2, 0) is 4.74 Å². The summed E-state index contributed by atoms with van der Waals surface area (Å²) < 4.78 is 5.14. The van der Waals surface area contributed by atoms with Crippen LogP contribution in [0.3, 0.4) is 0 Å². The van der Waals surface area contributed by atoms with E-state index in [0.29, 0.717) is 16.9 Å². The molecule has 132 valence electrons. The summed E-state index contributed by atoms with van der Waals surface area (Å²) in [5.74, 6) is -1.46. The molecule has 2 N–H and O–H groups in total. The van der Waals surface area contributed by atoms with Crippen LogP contribution in [0.2, 0.25) is 0 Å². The number of hydrogen-bond donors (Lipinski definition) is 2. The van der Waals surface area contributed by atoms with E-state index in [4.69, 9.17) is 9.84 Å². The van der Waals surface area contributed by atoms with Crippen LogP contribution in [0.4, 0.5) is 11.4 Å². The molecular weight excluding hydrogens is 332 g/mol. The number of nitrogens with zero attached hydrogens (tertiary/aromatic N) is 1. The smallest absolute Gasteiger partial charge is 0.341 e. The molecule has 0 saturated heterocycles. The second-order valence-electron chi connectivity index (χ2n) is 5.80. The maximum absolute atomic E-state index is 12.3. The summed E-state index contributed by atoms with van der Waals surface area (Å²) >= 11 is 0. The third-order valence-corrected chi connectivity index (χ3v) is 3.92. The minimum atomic E-state index is -0.992. The molecule has 0 amide bonds. The molecule has 0 aliphatic rings. The third-order valence-electron chi connectivity index (χ3n) is 3.92. The SMILES string of the molecule is CCOC(=O)c1cnc2ccc(C)cc2c1Nc1ccc(C(=O)O)cc1. The highest BCUT2D eigenvalue weighted by Gasteiger charge is 2.17. The highest BCUT2D eigenvalue weighted by molar-refractivity contribution is 6.06. The van der Waals surface area contributed by atoms with Crippen molar-refractivity contribution in [1.82, 2.24) is 4.98 Å². The molecule has 0 spiro atoms. The molecule has 1 heterocycles. The van der Waals surface area contributed by atoms with Crippen LogP contribution in [0.1, 0.15) is 33.2 Å². The lowest BCUT2D eigenvalue weighted by Crippen LogP contribution is -2.09. The van der Waals surface area contributed by atoms with Crippen LogP contribution in [0, 0.1) is 6.92 Å². The first-order chi connectivity index (χ1) is 12.5. The number of aromatic carboxylic acids is 1. The van der Waals surface area contributed by atoms with Gasteiger partial charge in [-0.3, -0.25) is 4.98 Å². The molecule has 0 unspecified atom stereocenters. The average molecular weight is 350 g/mol. The molecule has 3 aromatic rings. The fourth-order valence-electron chi connectivity index (χ4n) is 2.65. The number of anilines is 2. The van der Waals surface area contributed by atoms with Crippen molar-refractivity contribution in [3.63, 3.8) is 0 Å². The Morgan fingerprint density at radius 2 is 1.88 bits per heavy atom. The van der Waals surface area contributed by atoms with E-state index in [1.807, 2.05) is 25.1 Å². The van der Waals surface area contributed by atoms with Crippen molar-refractivity contribution in [2.45, 2.75) is 13.8 Å². The molecule has 2 aromatic carbocycles. The number of esters is 1. The predicted octanol–water partition coefficient (Wildman–Crippen LogP) is 4.16. The molecule has 0 radical (unpaired) electrons. The number of hydrogen-bond acceptors (Lipinski definition) is 5. The predicted molar refractivity (Wildman–Crippen MR) is 99.1 cm³/mol. The zero-order valence-electron chi connectivity index (χ0n) is 14.4. The normalized spacial score (nSPS) is 10.5. The number of aryl methyl sites for hydroxylation is 1. The number of nitrogens with one attached hydrogen (secondary N) is 1. The molecule has 0 saturated carbocycles. The monoisotopic (exact) mass is 350 g/mol. The van der Waals surface area contributed by atoms with Crippen molar-refractivity contribution in [1.29, 1.82) is 0 Å². The summed E-state index contributed by atoms with van der Waals surface area (Å²) in [6.07, 6.45) is 1.49. The molecule has 3 rings (SSSR count).